The minimum atomic E-state index is -1.04. The maximum Gasteiger partial charge on any atom is 0.337 e. The fourth-order valence-electron chi connectivity index (χ4n) is 1.50. The van der Waals surface area contributed by atoms with Crippen LogP contribution in [0.2, 0.25) is 0 Å². The first-order chi connectivity index (χ1) is 7.91. The molecule has 0 bridgehead atoms. The van der Waals surface area contributed by atoms with Gasteiger partial charge in [0.15, 0.2) is 0 Å². The molecule has 0 aliphatic heterocycles. The van der Waals surface area contributed by atoms with E-state index in [1.807, 2.05) is 0 Å². The maximum atomic E-state index is 11.0. The van der Waals surface area contributed by atoms with Gasteiger partial charge in [-0.05, 0) is 38.0 Å². The molecule has 1 atom stereocenters. The number of nitrogens with one attached hydrogen (secondary N) is 1. The third-order valence-electron chi connectivity index (χ3n) is 2.51. The van der Waals surface area contributed by atoms with Crippen LogP contribution in [0.15, 0.2) is 12.1 Å². The number of rotatable bonds is 5. The van der Waals surface area contributed by atoms with Gasteiger partial charge in [-0.3, -0.25) is 0 Å². The summed E-state index contributed by atoms with van der Waals surface area (Å²) in [5.74, 6) is -1.04. The molecule has 5 heteroatoms. The van der Waals surface area contributed by atoms with E-state index in [2.05, 4.69) is 5.32 Å². The van der Waals surface area contributed by atoms with Crippen LogP contribution in [0.4, 0.5) is 11.4 Å². The van der Waals surface area contributed by atoms with Gasteiger partial charge in [0, 0.05) is 17.9 Å². The Bertz CT molecular complexity index is 416. The van der Waals surface area contributed by atoms with Crippen LogP contribution in [0.25, 0.3) is 0 Å². The van der Waals surface area contributed by atoms with E-state index < -0.39 is 5.97 Å². The van der Waals surface area contributed by atoms with E-state index in [1.165, 1.54) is 6.07 Å². The molecule has 17 heavy (non-hydrogen) atoms. The standard InChI is InChI=1S/C12H18N2O3/c1-7-5-9(14-4-3-8(2)15)6-10(11(7)13)12(16)17/h5-6,8,14-15H,3-4,13H2,1-2H3,(H,16,17). The van der Waals surface area contributed by atoms with Gasteiger partial charge in [0.05, 0.1) is 11.7 Å². The summed E-state index contributed by atoms with van der Waals surface area (Å²) in [7, 11) is 0. The van der Waals surface area contributed by atoms with Crippen molar-refractivity contribution in [2.24, 2.45) is 0 Å². The molecule has 0 spiro atoms. The van der Waals surface area contributed by atoms with Gasteiger partial charge in [-0.1, -0.05) is 0 Å². The summed E-state index contributed by atoms with van der Waals surface area (Å²) in [6.07, 6.45) is 0.225. The van der Waals surface area contributed by atoms with Crippen molar-refractivity contribution in [3.05, 3.63) is 23.3 Å². The van der Waals surface area contributed by atoms with E-state index in [1.54, 1.807) is 19.9 Å². The molecule has 0 saturated carbocycles. The number of hydrogen-bond acceptors (Lipinski definition) is 4. The average molecular weight is 238 g/mol. The molecule has 0 radical (unpaired) electrons. The Hall–Kier alpha value is -1.75. The highest BCUT2D eigenvalue weighted by Gasteiger charge is 2.11. The Morgan fingerprint density at radius 3 is 2.71 bits per heavy atom. The molecule has 1 aromatic carbocycles. The molecule has 5 nitrogen and oxygen atoms in total. The Labute approximate surface area is 100 Å². The fourth-order valence-corrected chi connectivity index (χ4v) is 1.50. The second-order valence-corrected chi connectivity index (χ2v) is 4.12. The van der Waals surface area contributed by atoms with Crippen molar-refractivity contribution in [1.29, 1.82) is 0 Å². The first-order valence-electron chi connectivity index (χ1n) is 5.47. The first-order valence-corrected chi connectivity index (χ1v) is 5.47. The van der Waals surface area contributed by atoms with E-state index in [9.17, 15) is 4.79 Å². The van der Waals surface area contributed by atoms with Gasteiger partial charge in [0.2, 0.25) is 0 Å². The predicted octanol–water partition coefficient (Wildman–Crippen LogP) is 1.46. The number of nitrogen functional groups attached to an aromatic ring is 1. The highest BCUT2D eigenvalue weighted by Crippen LogP contribution is 2.22. The van der Waals surface area contributed by atoms with E-state index >= 15 is 0 Å². The number of aromatic carboxylic acids is 1. The van der Waals surface area contributed by atoms with Crippen LogP contribution in [0.3, 0.4) is 0 Å². The summed E-state index contributed by atoms with van der Waals surface area (Å²) in [4.78, 5) is 11.0. The van der Waals surface area contributed by atoms with E-state index in [0.29, 0.717) is 24.3 Å². The number of aliphatic hydroxyl groups excluding tert-OH is 1. The molecule has 0 amide bonds. The summed E-state index contributed by atoms with van der Waals surface area (Å²) in [6.45, 7) is 4.06. The second-order valence-electron chi connectivity index (χ2n) is 4.12. The summed E-state index contributed by atoms with van der Waals surface area (Å²) in [5, 5.41) is 21.2. The van der Waals surface area contributed by atoms with Crippen LogP contribution in [-0.4, -0.2) is 28.8 Å². The van der Waals surface area contributed by atoms with Crippen LogP contribution in [0, 0.1) is 6.92 Å². The van der Waals surface area contributed by atoms with Crippen LogP contribution < -0.4 is 11.1 Å². The van der Waals surface area contributed by atoms with Gasteiger partial charge >= 0.3 is 5.97 Å². The van der Waals surface area contributed by atoms with Gasteiger partial charge < -0.3 is 21.3 Å². The van der Waals surface area contributed by atoms with Crippen molar-refractivity contribution in [3.63, 3.8) is 0 Å². The van der Waals surface area contributed by atoms with E-state index in [0.717, 1.165) is 5.56 Å². The number of anilines is 2. The minimum Gasteiger partial charge on any atom is -0.478 e. The summed E-state index contributed by atoms with van der Waals surface area (Å²) in [5.41, 5.74) is 7.50. The zero-order chi connectivity index (χ0) is 13.0. The van der Waals surface area contributed by atoms with Crippen molar-refractivity contribution in [1.82, 2.24) is 0 Å². The number of benzene rings is 1. The number of aliphatic hydroxyl groups is 1. The molecule has 94 valence electrons. The molecule has 0 heterocycles. The molecule has 0 aliphatic rings. The zero-order valence-corrected chi connectivity index (χ0v) is 10.0. The molecule has 0 aromatic heterocycles. The van der Waals surface area contributed by atoms with Crippen molar-refractivity contribution in [2.75, 3.05) is 17.6 Å². The number of carbonyl (C=O) groups is 1. The monoisotopic (exact) mass is 238 g/mol. The van der Waals surface area contributed by atoms with Crippen molar-refractivity contribution in [3.8, 4) is 0 Å². The van der Waals surface area contributed by atoms with E-state index in [-0.39, 0.29) is 11.7 Å². The van der Waals surface area contributed by atoms with Crippen molar-refractivity contribution >= 4 is 17.3 Å². The number of hydrogen-bond donors (Lipinski definition) is 4. The van der Waals surface area contributed by atoms with Crippen LogP contribution >= 0.6 is 0 Å². The third kappa shape index (κ3) is 3.64. The summed E-state index contributed by atoms with van der Waals surface area (Å²) < 4.78 is 0. The number of carboxylic acid groups (broad SMARTS) is 1. The molecular formula is C12H18N2O3. The first kappa shape index (κ1) is 13.3. The van der Waals surface area contributed by atoms with Gasteiger partial charge in [0.25, 0.3) is 0 Å². The fraction of sp³-hybridized carbons (Fsp3) is 0.417. The Balaban J connectivity index is 2.84. The highest BCUT2D eigenvalue weighted by atomic mass is 16.4. The minimum absolute atomic E-state index is 0.101. The number of aryl methyl sites for hydroxylation is 1. The van der Waals surface area contributed by atoms with Crippen molar-refractivity contribution in [2.45, 2.75) is 26.4 Å². The Morgan fingerprint density at radius 2 is 2.18 bits per heavy atom. The largest absolute Gasteiger partial charge is 0.478 e. The third-order valence-corrected chi connectivity index (χ3v) is 2.51. The molecule has 1 unspecified atom stereocenters. The normalized spacial score (nSPS) is 12.2. The maximum absolute atomic E-state index is 11.0. The lowest BCUT2D eigenvalue weighted by Gasteiger charge is -2.12. The smallest absolute Gasteiger partial charge is 0.337 e. The molecule has 5 N–H and O–H groups in total. The molecule has 1 rings (SSSR count). The molecule has 0 fully saturated rings. The molecule has 1 aromatic rings. The summed E-state index contributed by atoms with van der Waals surface area (Å²) in [6, 6.07) is 3.30. The highest BCUT2D eigenvalue weighted by molar-refractivity contribution is 5.95. The average Bonchev–Trinajstić information content (AvgIpc) is 2.22. The zero-order valence-electron chi connectivity index (χ0n) is 10.0. The Kier molecular flexibility index (Phi) is 4.34. The van der Waals surface area contributed by atoms with Gasteiger partial charge in [-0.2, -0.15) is 0 Å². The Morgan fingerprint density at radius 1 is 1.53 bits per heavy atom. The number of nitrogens with two attached hydrogens (primary N) is 1. The van der Waals surface area contributed by atoms with Gasteiger partial charge in [-0.25, -0.2) is 4.79 Å². The van der Waals surface area contributed by atoms with Crippen molar-refractivity contribution < 1.29 is 15.0 Å². The van der Waals surface area contributed by atoms with Gasteiger partial charge in [0.1, 0.15) is 0 Å². The molecular weight excluding hydrogens is 220 g/mol. The van der Waals surface area contributed by atoms with Gasteiger partial charge in [-0.15, -0.1) is 0 Å². The van der Waals surface area contributed by atoms with Crippen LogP contribution in [-0.2, 0) is 0 Å². The lowest BCUT2D eigenvalue weighted by atomic mass is 10.1. The van der Waals surface area contributed by atoms with Crippen LogP contribution in [0.1, 0.15) is 29.3 Å². The quantitative estimate of drug-likeness (QED) is 0.582. The molecule has 0 saturated heterocycles. The lowest BCUT2D eigenvalue weighted by Crippen LogP contribution is -2.11. The topological polar surface area (TPSA) is 95.6 Å². The summed E-state index contributed by atoms with van der Waals surface area (Å²) >= 11 is 0. The second kappa shape index (κ2) is 5.54. The SMILES string of the molecule is Cc1cc(NCCC(C)O)cc(C(=O)O)c1N. The predicted molar refractivity (Wildman–Crippen MR) is 67.3 cm³/mol. The van der Waals surface area contributed by atoms with E-state index in [4.69, 9.17) is 15.9 Å². The molecule has 0 aliphatic carbocycles. The van der Waals surface area contributed by atoms with Crippen LogP contribution in [0.5, 0.6) is 0 Å². The number of carboxylic acids is 1. The lowest BCUT2D eigenvalue weighted by molar-refractivity contribution is 0.0698.